The van der Waals surface area contributed by atoms with Crippen LogP contribution in [0, 0.1) is 0 Å². The summed E-state index contributed by atoms with van der Waals surface area (Å²) in [5.41, 5.74) is 0. The fraction of sp³-hybridized carbons (Fsp3) is 1.00. The van der Waals surface area contributed by atoms with Gasteiger partial charge in [-0.3, -0.25) is 0 Å². The van der Waals surface area contributed by atoms with E-state index in [1.165, 1.54) is 0 Å². The fourth-order valence-corrected chi connectivity index (χ4v) is 1.40. The fourth-order valence-electron chi connectivity index (χ4n) is 0.861. The number of hydrogen-bond donors (Lipinski definition) is 5. The Hall–Kier alpha value is 0.850. The van der Waals surface area contributed by atoms with Crippen LogP contribution in [0.2, 0.25) is 0 Å². The van der Waals surface area contributed by atoms with Gasteiger partial charge in [-0.15, -0.1) is 0 Å². The zero-order chi connectivity index (χ0) is 11.1. The van der Waals surface area contributed by atoms with Crippen molar-refractivity contribution in [1.82, 2.24) is 0 Å². The third kappa shape index (κ3) is 4.58. The standard InChI is InChI=1S/C6H14O5S3/c1-3(10-13)5(8)6(11-14)4(7)2-9-12/h3-8,12-14H,2H2,1H3. The van der Waals surface area contributed by atoms with Crippen molar-refractivity contribution in [3.05, 3.63) is 0 Å². The van der Waals surface area contributed by atoms with Gasteiger partial charge in [0.05, 0.1) is 12.7 Å². The molecule has 14 heavy (non-hydrogen) atoms. The number of thiol groups is 3. The minimum absolute atomic E-state index is 0.0926. The molecule has 0 aliphatic rings. The molecule has 0 saturated carbocycles. The largest absolute Gasteiger partial charge is 0.388 e. The Bertz CT molecular complexity index is 149. The van der Waals surface area contributed by atoms with Gasteiger partial charge in [-0.25, -0.2) is 0 Å². The van der Waals surface area contributed by atoms with Gasteiger partial charge in [-0.05, 0) is 45.7 Å². The first-order valence-corrected chi connectivity index (χ1v) is 4.91. The molecule has 0 heterocycles. The molecule has 0 radical (unpaired) electrons. The molecule has 0 aliphatic heterocycles. The van der Waals surface area contributed by atoms with Crippen LogP contribution in [-0.2, 0) is 12.5 Å². The van der Waals surface area contributed by atoms with Gasteiger partial charge in [0.25, 0.3) is 0 Å². The summed E-state index contributed by atoms with van der Waals surface area (Å²) in [6, 6.07) is 0. The molecule has 0 aliphatic carbocycles. The van der Waals surface area contributed by atoms with Gasteiger partial charge >= 0.3 is 0 Å². The molecule has 5 nitrogen and oxygen atoms in total. The van der Waals surface area contributed by atoms with E-state index in [1.807, 2.05) is 0 Å². The van der Waals surface area contributed by atoms with Crippen LogP contribution in [0.1, 0.15) is 6.92 Å². The monoisotopic (exact) mass is 262 g/mol. The molecule has 8 heteroatoms. The lowest BCUT2D eigenvalue weighted by Crippen LogP contribution is -2.45. The second kappa shape index (κ2) is 8.05. The Morgan fingerprint density at radius 1 is 1.14 bits per heavy atom. The van der Waals surface area contributed by atoms with Gasteiger partial charge < -0.3 is 22.8 Å². The lowest BCUT2D eigenvalue weighted by molar-refractivity contribution is -0.0781. The second-order valence-corrected chi connectivity index (χ2v) is 3.41. The van der Waals surface area contributed by atoms with Crippen molar-refractivity contribution in [2.45, 2.75) is 31.3 Å². The molecule has 0 rings (SSSR count). The first-order valence-electron chi connectivity index (χ1n) is 3.81. The summed E-state index contributed by atoms with van der Waals surface area (Å²) in [5, 5.41) is 19.0. The molecule has 0 saturated heterocycles. The molecule has 4 atom stereocenters. The maximum absolute atomic E-state index is 9.59. The highest BCUT2D eigenvalue weighted by Crippen LogP contribution is 2.14. The molecule has 86 valence electrons. The van der Waals surface area contributed by atoms with E-state index in [-0.39, 0.29) is 6.61 Å². The van der Waals surface area contributed by atoms with E-state index in [0.29, 0.717) is 0 Å². The average Bonchev–Trinajstić information content (AvgIpc) is 2.18. The van der Waals surface area contributed by atoms with Crippen LogP contribution in [-0.4, -0.2) is 41.2 Å². The van der Waals surface area contributed by atoms with Crippen LogP contribution in [0.15, 0.2) is 0 Å². The SMILES string of the molecule is CC(OS)C(O)C(OS)C(O)COS. The summed E-state index contributed by atoms with van der Waals surface area (Å²) in [6.45, 7) is 1.48. The first kappa shape index (κ1) is 14.8. The Balaban J connectivity index is 4.23. The van der Waals surface area contributed by atoms with Crippen molar-refractivity contribution >= 4 is 38.7 Å². The van der Waals surface area contributed by atoms with E-state index >= 15 is 0 Å². The molecule has 0 amide bonds. The lowest BCUT2D eigenvalue weighted by atomic mass is 10.0. The van der Waals surface area contributed by atoms with E-state index in [9.17, 15) is 10.2 Å². The van der Waals surface area contributed by atoms with Crippen molar-refractivity contribution < 1.29 is 22.8 Å². The van der Waals surface area contributed by atoms with Crippen molar-refractivity contribution in [3.8, 4) is 0 Å². The lowest BCUT2D eigenvalue weighted by Gasteiger charge is -2.27. The molecule has 0 aromatic rings. The number of hydrogen-bond acceptors (Lipinski definition) is 8. The summed E-state index contributed by atoms with van der Waals surface area (Å²) in [4.78, 5) is 0. The van der Waals surface area contributed by atoms with E-state index in [1.54, 1.807) is 6.92 Å². The minimum atomic E-state index is -1.07. The number of rotatable bonds is 7. The normalized spacial score (nSPS) is 20.1. The van der Waals surface area contributed by atoms with Gasteiger partial charge in [-0.1, -0.05) is 0 Å². The highest BCUT2D eigenvalue weighted by atomic mass is 32.1. The zero-order valence-electron chi connectivity index (χ0n) is 7.48. The van der Waals surface area contributed by atoms with Crippen LogP contribution in [0.4, 0.5) is 0 Å². The number of aliphatic hydroxyl groups is 2. The highest BCUT2D eigenvalue weighted by Gasteiger charge is 2.32. The smallest absolute Gasteiger partial charge is 0.128 e. The van der Waals surface area contributed by atoms with E-state index in [2.05, 4.69) is 51.3 Å². The number of aliphatic hydroxyl groups excluding tert-OH is 2. The molecule has 0 aromatic carbocycles. The van der Waals surface area contributed by atoms with Crippen LogP contribution in [0.25, 0.3) is 0 Å². The predicted octanol–water partition coefficient (Wildman–Crippen LogP) is 0.0495. The maximum atomic E-state index is 9.59. The van der Waals surface area contributed by atoms with Gasteiger partial charge in [0.15, 0.2) is 0 Å². The van der Waals surface area contributed by atoms with Gasteiger partial charge in [0.2, 0.25) is 0 Å². The molecular weight excluding hydrogens is 248 g/mol. The summed E-state index contributed by atoms with van der Waals surface area (Å²) in [5.74, 6) is 0. The molecule has 0 aromatic heterocycles. The Kier molecular flexibility index (Phi) is 8.54. The van der Waals surface area contributed by atoms with E-state index < -0.39 is 24.4 Å². The minimum Gasteiger partial charge on any atom is -0.388 e. The maximum Gasteiger partial charge on any atom is 0.128 e. The topological polar surface area (TPSA) is 68.2 Å². The van der Waals surface area contributed by atoms with Crippen LogP contribution >= 0.6 is 38.7 Å². The van der Waals surface area contributed by atoms with Crippen molar-refractivity contribution in [2.24, 2.45) is 0 Å². The Morgan fingerprint density at radius 2 is 1.71 bits per heavy atom. The van der Waals surface area contributed by atoms with Crippen LogP contribution < -0.4 is 0 Å². The Morgan fingerprint density at radius 3 is 2.07 bits per heavy atom. The van der Waals surface area contributed by atoms with Crippen molar-refractivity contribution in [1.29, 1.82) is 0 Å². The summed E-state index contributed by atoms with van der Waals surface area (Å²) < 4.78 is 13.6. The molecule has 0 fully saturated rings. The molecular formula is C6H14O5S3. The van der Waals surface area contributed by atoms with Crippen molar-refractivity contribution in [2.75, 3.05) is 6.61 Å². The quantitative estimate of drug-likeness (QED) is 0.331. The van der Waals surface area contributed by atoms with E-state index in [0.717, 1.165) is 0 Å². The second-order valence-electron chi connectivity index (χ2n) is 2.73. The summed E-state index contributed by atoms with van der Waals surface area (Å²) in [7, 11) is 0. The third-order valence-electron chi connectivity index (χ3n) is 1.73. The van der Waals surface area contributed by atoms with E-state index in [4.69, 9.17) is 0 Å². The average molecular weight is 262 g/mol. The van der Waals surface area contributed by atoms with Gasteiger partial charge in [-0.2, -0.15) is 0 Å². The summed E-state index contributed by atoms with van der Waals surface area (Å²) >= 11 is 10.5. The van der Waals surface area contributed by atoms with Crippen LogP contribution in [0.5, 0.6) is 0 Å². The Labute approximate surface area is 99.6 Å². The molecule has 2 N–H and O–H groups in total. The zero-order valence-corrected chi connectivity index (χ0v) is 10.2. The van der Waals surface area contributed by atoms with Crippen LogP contribution in [0.3, 0.4) is 0 Å². The molecule has 4 unspecified atom stereocenters. The van der Waals surface area contributed by atoms with Gasteiger partial charge in [0.1, 0.15) is 18.3 Å². The highest BCUT2D eigenvalue weighted by molar-refractivity contribution is 7.75. The third-order valence-corrected chi connectivity index (χ3v) is 2.46. The molecule has 0 spiro atoms. The predicted molar refractivity (Wildman–Crippen MR) is 60.3 cm³/mol. The summed E-state index contributed by atoms with van der Waals surface area (Å²) in [6.07, 6.45) is -3.66. The molecule has 0 bridgehead atoms. The first-order chi connectivity index (χ1) is 6.58. The van der Waals surface area contributed by atoms with Crippen molar-refractivity contribution in [3.63, 3.8) is 0 Å². The van der Waals surface area contributed by atoms with Gasteiger partial charge in [0, 0.05) is 0 Å².